The first-order valence-electron chi connectivity index (χ1n) is 7.99. The van der Waals surface area contributed by atoms with Gasteiger partial charge in [-0.15, -0.1) is 5.10 Å². The lowest BCUT2D eigenvalue weighted by Crippen LogP contribution is -2.33. The highest BCUT2D eigenvalue weighted by Gasteiger charge is 2.11. The van der Waals surface area contributed by atoms with Crippen molar-refractivity contribution in [3.63, 3.8) is 0 Å². The third-order valence-electron chi connectivity index (χ3n) is 3.90. The van der Waals surface area contributed by atoms with Crippen molar-refractivity contribution >= 4 is 16.9 Å². The second kappa shape index (κ2) is 7.12. The molecule has 0 saturated heterocycles. The van der Waals surface area contributed by atoms with Crippen molar-refractivity contribution in [1.29, 1.82) is 0 Å². The molecule has 6 nitrogen and oxygen atoms in total. The van der Waals surface area contributed by atoms with Crippen LogP contribution in [0.15, 0.2) is 48.5 Å². The zero-order chi connectivity index (χ0) is 16.9. The van der Waals surface area contributed by atoms with Crippen LogP contribution in [0.2, 0.25) is 0 Å². The molecule has 3 rings (SSSR count). The molecule has 0 aliphatic rings. The minimum Gasteiger partial charge on any atom is -0.385 e. The maximum Gasteiger partial charge on any atom is 0.261 e. The van der Waals surface area contributed by atoms with E-state index in [2.05, 4.69) is 34.7 Å². The Hall–Kier alpha value is -2.89. The number of hydrogen-bond acceptors (Lipinski definition) is 4. The summed E-state index contributed by atoms with van der Waals surface area (Å²) in [4.78, 5) is 18.8. The van der Waals surface area contributed by atoms with Crippen LogP contribution in [0.3, 0.4) is 0 Å². The molecule has 1 aromatic heterocycles. The standard InChI is InChI=1S/C18H20N4O2/c1-3-14-8-10-15(11-9-14)13(2)19-18(23)12-24-22-17-7-5-4-6-16(17)20-21-22/h4-11,13H,3,12H2,1-2H3,(H,19,23)/t13-/m1/s1. The lowest BCUT2D eigenvalue weighted by atomic mass is 10.1. The van der Waals surface area contributed by atoms with Crippen molar-refractivity contribution in [2.45, 2.75) is 26.3 Å². The van der Waals surface area contributed by atoms with Gasteiger partial charge in [-0.2, -0.15) is 0 Å². The molecule has 1 atom stereocenters. The lowest BCUT2D eigenvalue weighted by molar-refractivity contribution is -0.127. The third kappa shape index (κ3) is 3.53. The van der Waals surface area contributed by atoms with Gasteiger partial charge in [0, 0.05) is 0 Å². The second-order valence-electron chi connectivity index (χ2n) is 5.61. The molecule has 3 aromatic rings. The number of carbonyl (C=O) groups is 1. The molecule has 0 saturated carbocycles. The maximum atomic E-state index is 12.1. The predicted octanol–water partition coefficient (Wildman–Crippen LogP) is 2.30. The highest BCUT2D eigenvalue weighted by Crippen LogP contribution is 2.13. The van der Waals surface area contributed by atoms with E-state index in [1.807, 2.05) is 43.3 Å². The van der Waals surface area contributed by atoms with Crippen LogP contribution in [0.5, 0.6) is 0 Å². The smallest absolute Gasteiger partial charge is 0.261 e. The Kier molecular flexibility index (Phi) is 4.74. The Labute approximate surface area is 140 Å². The van der Waals surface area contributed by atoms with Crippen LogP contribution in [-0.4, -0.2) is 27.7 Å². The van der Waals surface area contributed by atoms with Gasteiger partial charge in [0.1, 0.15) is 11.0 Å². The summed E-state index contributed by atoms with van der Waals surface area (Å²) in [5, 5.41) is 10.8. The van der Waals surface area contributed by atoms with E-state index in [4.69, 9.17) is 4.84 Å². The third-order valence-corrected chi connectivity index (χ3v) is 3.90. The van der Waals surface area contributed by atoms with Gasteiger partial charge in [-0.1, -0.05) is 48.2 Å². The summed E-state index contributed by atoms with van der Waals surface area (Å²) in [6.07, 6.45) is 1.00. The van der Waals surface area contributed by atoms with E-state index in [1.165, 1.54) is 10.4 Å². The Morgan fingerprint density at radius 2 is 1.96 bits per heavy atom. The maximum absolute atomic E-state index is 12.1. The quantitative estimate of drug-likeness (QED) is 0.755. The van der Waals surface area contributed by atoms with Gasteiger partial charge in [-0.05, 0) is 41.8 Å². The van der Waals surface area contributed by atoms with Gasteiger partial charge in [0.2, 0.25) is 0 Å². The fourth-order valence-electron chi connectivity index (χ4n) is 2.47. The number of aromatic nitrogens is 3. The average Bonchev–Trinajstić information content (AvgIpc) is 3.03. The molecule has 124 valence electrons. The normalized spacial score (nSPS) is 12.1. The van der Waals surface area contributed by atoms with Crippen molar-refractivity contribution in [2.24, 2.45) is 0 Å². The molecule has 0 aliphatic heterocycles. The van der Waals surface area contributed by atoms with Gasteiger partial charge >= 0.3 is 0 Å². The van der Waals surface area contributed by atoms with Crippen LogP contribution in [0.25, 0.3) is 11.0 Å². The second-order valence-corrected chi connectivity index (χ2v) is 5.61. The van der Waals surface area contributed by atoms with Gasteiger partial charge in [0.25, 0.3) is 5.91 Å². The largest absolute Gasteiger partial charge is 0.385 e. The highest BCUT2D eigenvalue weighted by molar-refractivity contribution is 5.78. The topological polar surface area (TPSA) is 69.0 Å². The first-order valence-corrected chi connectivity index (χ1v) is 7.99. The first-order chi connectivity index (χ1) is 11.7. The zero-order valence-corrected chi connectivity index (χ0v) is 13.8. The molecule has 0 spiro atoms. The number of carbonyl (C=O) groups excluding carboxylic acids is 1. The molecular weight excluding hydrogens is 304 g/mol. The molecular formula is C18H20N4O2. The van der Waals surface area contributed by atoms with E-state index >= 15 is 0 Å². The van der Waals surface area contributed by atoms with Crippen LogP contribution < -0.4 is 10.2 Å². The minimum atomic E-state index is -0.207. The van der Waals surface area contributed by atoms with E-state index in [-0.39, 0.29) is 18.6 Å². The van der Waals surface area contributed by atoms with Crippen molar-refractivity contribution in [3.8, 4) is 0 Å². The van der Waals surface area contributed by atoms with Crippen molar-refractivity contribution < 1.29 is 9.63 Å². The van der Waals surface area contributed by atoms with Gasteiger partial charge in [-0.3, -0.25) is 4.79 Å². The Balaban J connectivity index is 1.57. The summed E-state index contributed by atoms with van der Waals surface area (Å²) in [6, 6.07) is 15.6. The zero-order valence-electron chi connectivity index (χ0n) is 13.8. The van der Waals surface area contributed by atoms with Gasteiger partial charge in [-0.25, -0.2) is 0 Å². The molecule has 2 aromatic carbocycles. The minimum absolute atomic E-state index is 0.0838. The summed E-state index contributed by atoms with van der Waals surface area (Å²) in [7, 11) is 0. The van der Waals surface area contributed by atoms with Gasteiger partial charge in [0.15, 0.2) is 6.61 Å². The Bertz CT molecular complexity index is 826. The summed E-state index contributed by atoms with van der Waals surface area (Å²) in [5.41, 5.74) is 3.79. The first kappa shape index (κ1) is 16.0. The summed E-state index contributed by atoms with van der Waals surface area (Å²) >= 11 is 0. The van der Waals surface area contributed by atoms with E-state index in [0.29, 0.717) is 0 Å². The number of benzene rings is 2. The van der Waals surface area contributed by atoms with Crippen LogP contribution in [0.4, 0.5) is 0 Å². The molecule has 24 heavy (non-hydrogen) atoms. The van der Waals surface area contributed by atoms with Crippen LogP contribution >= 0.6 is 0 Å². The number of nitrogens with zero attached hydrogens (tertiary/aromatic N) is 3. The molecule has 1 N–H and O–H groups in total. The predicted molar refractivity (Wildman–Crippen MR) is 91.4 cm³/mol. The number of para-hydroxylation sites is 1. The molecule has 0 aliphatic carbocycles. The molecule has 1 heterocycles. The van der Waals surface area contributed by atoms with Crippen molar-refractivity contribution in [3.05, 3.63) is 59.7 Å². The number of hydrogen-bond donors (Lipinski definition) is 1. The number of aryl methyl sites for hydroxylation is 1. The van der Waals surface area contributed by atoms with Crippen LogP contribution in [0, 0.1) is 0 Å². The number of nitrogens with one attached hydrogen (secondary N) is 1. The van der Waals surface area contributed by atoms with Crippen molar-refractivity contribution in [2.75, 3.05) is 6.61 Å². The van der Waals surface area contributed by atoms with Crippen LogP contribution in [-0.2, 0) is 11.2 Å². The molecule has 1 amide bonds. The van der Waals surface area contributed by atoms with E-state index in [1.54, 1.807) is 0 Å². The molecule has 6 heteroatoms. The molecule has 0 bridgehead atoms. The molecule has 0 radical (unpaired) electrons. The van der Waals surface area contributed by atoms with Crippen molar-refractivity contribution in [1.82, 2.24) is 20.5 Å². The van der Waals surface area contributed by atoms with Gasteiger partial charge in [0.05, 0.1) is 6.04 Å². The number of rotatable bonds is 6. The molecule has 0 unspecified atom stereocenters. The monoisotopic (exact) mass is 324 g/mol. The lowest BCUT2D eigenvalue weighted by Gasteiger charge is -2.15. The van der Waals surface area contributed by atoms with Crippen LogP contribution in [0.1, 0.15) is 31.0 Å². The Morgan fingerprint density at radius 1 is 1.21 bits per heavy atom. The summed E-state index contributed by atoms with van der Waals surface area (Å²) in [6.45, 7) is 3.94. The van der Waals surface area contributed by atoms with E-state index < -0.39 is 0 Å². The fraction of sp³-hybridized carbons (Fsp3) is 0.278. The Morgan fingerprint density at radius 3 is 2.71 bits per heavy atom. The summed E-state index contributed by atoms with van der Waals surface area (Å²) < 4.78 is 0. The highest BCUT2D eigenvalue weighted by atomic mass is 16.7. The molecule has 0 fully saturated rings. The SMILES string of the molecule is CCc1ccc([C@@H](C)NC(=O)COn2nnc3ccccc32)cc1. The average molecular weight is 324 g/mol. The number of fused-ring (bicyclic) bond motifs is 1. The number of amides is 1. The van der Waals surface area contributed by atoms with E-state index in [0.717, 1.165) is 23.0 Å². The fourth-order valence-corrected chi connectivity index (χ4v) is 2.47. The van der Waals surface area contributed by atoms with Gasteiger partial charge < -0.3 is 10.2 Å². The summed E-state index contributed by atoms with van der Waals surface area (Å²) in [5.74, 6) is -0.207. The van der Waals surface area contributed by atoms with E-state index in [9.17, 15) is 4.79 Å².